The van der Waals surface area contributed by atoms with Crippen molar-refractivity contribution in [2.75, 3.05) is 13.2 Å². The van der Waals surface area contributed by atoms with Crippen LogP contribution in [0, 0.1) is 11.7 Å². The van der Waals surface area contributed by atoms with E-state index >= 15 is 0 Å². The van der Waals surface area contributed by atoms with Crippen molar-refractivity contribution in [1.29, 1.82) is 0 Å². The molecular weight excluding hydrogens is 567 g/mol. The fraction of sp³-hybridized carbons (Fsp3) is 0.487. The highest BCUT2D eigenvalue weighted by Gasteiger charge is 2.16. The minimum atomic E-state index is -0.770. The number of unbranched alkanes of at least 4 members (excludes halogenated alkanes) is 11. The maximum atomic E-state index is 14.7. The lowest BCUT2D eigenvalue weighted by Gasteiger charge is -2.10. The summed E-state index contributed by atoms with van der Waals surface area (Å²) in [4.78, 5) is 24.9. The summed E-state index contributed by atoms with van der Waals surface area (Å²) in [5.41, 5.74) is 2.13. The molecule has 3 aromatic carbocycles. The van der Waals surface area contributed by atoms with Gasteiger partial charge in [-0.15, -0.1) is 0 Å². The number of halogens is 1. The van der Waals surface area contributed by atoms with Gasteiger partial charge < -0.3 is 14.2 Å². The molecule has 1 atom stereocenters. The number of benzene rings is 3. The third-order valence-corrected chi connectivity index (χ3v) is 8.14. The lowest BCUT2D eigenvalue weighted by molar-refractivity contribution is 0.0447. The van der Waals surface area contributed by atoms with Gasteiger partial charge in [0.1, 0.15) is 17.3 Å². The number of rotatable bonds is 21. The molecule has 0 saturated heterocycles. The van der Waals surface area contributed by atoms with Crippen molar-refractivity contribution in [2.24, 2.45) is 5.92 Å². The molecule has 0 radical (unpaired) electrons. The monoisotopic (exact) mass is 618 g/mol. The van der Waals surface area contributed by atoms with Crippen molar-refractivity contribution in [3.05, 3.63) is 83.7 Å². The molecule has 0 unspecified atom stereocenters. The molecule has 6 heteroatoms. The van der Waals surface area contributed by atoms with Gasteiger partial charge in [-0.25, -0.2) is 14.0 Å². The van der Waals surface area contributed by atoms with Crippen LogP contribution in [0.3, 0.4) is 0 Å². The largest absolute Gasteiger partial charge is 0.493 e. The summed E-state index contributed by atoms with van der Waals surface area (Å²) in [6.45, 7) is 7.28. The standard InChI is InChI=1S/C39H51FO5/c1-4-6-7-8-9-10-11-12-13-14-15-16-27-43-35-25-26-36(37(40)28-35)39(42)45-34-23-21-32(22-24-34)31-17-19-33(20-18-31)38(41)44-29-30(3)5-2/h17-26,28,30H,4-16,27,29H2,1-3H3/t30-/m0/s1. The van der Waals surface area contributed by atoms with E-state index in [1.807, 2.05) is 31.2 Å². The number of ether oxygens (including phenoxy) is 3. The van der Waals surface area contributed by atoms with Gasteiger partial charge in [-0.3, -0.25) is 0 Å². The van der Waals surface area contributed by atoms with Crippen molar-refractivity contribution >= 4 is 11.9 Å². The van der Waals surface area contributed by atoms with Gasteiger partial charge in [0.2, 0.25) is 0 Å². The second kappa shape index (κ2) is 20.4. The van der Waals surface area contributed by atoms with Crippen LogP contribution in [-0.4, -0.2) is 25.2 Å². The Kier molecular flexibility index (Phi) is 16.2. The normalized spacial score (nSPS) is 11.6. The third kappa shape index (κ3) is 13.1. The Morgan fingerprint density at radius 1 is 0.667 bits per heavy atom. The zero-order chi connectivity index (χ0) is 32.3. The molecule has 0 bridgehead atoms. The lowest BCUT2D eigenvalue weighted by atomic mass is 10.0. The predicted octanol–water partition coefficient (Wildman–Crippen LogP) is 11.0. The summed E-state index contributed by atoms with van der Waals surface area (Å²) in [5, 5.41) is 0. The van der Waals surface area contributed by atoms with E-state index in [1.54, 1.807) is 30.3 Å². The van der Waals surface area contributed by atoms with E-state index in [0.717, 1.165) is 30.4 Å². The Morgan fingerprint density at radius 3 is 1.76 bits per heavy atom. The number of hydrogen-bond acceptors (Lipinski definition) is 5. The van der Waals surface area contributed by atoms with E-state index in [1.165, 1.54) is 76.3 Å². The molecule has 0 aliphatic heterocycles. The molecule has 0 amide bonds. The number of esters is 2. The first-order chi connectivity index (χ1) is 21.9. The minimum absolute atomic E-state index is 0.146. The summed E-state index contributed by atoms with van der Waals surface area (Å²) in [7, 11) is 0. The van der Waals surface area contributed by atoms with E-state index < -0.39 is 11.8 Å². The molecule has 45 heavy (non-hydrogen) atoms. The van der Waals surface area contributed by atoms with Gasteiger partial charge in [0.25, 0.3) is 0 Å². The Hall–Kier alpha value is -3.67. The lowest BCUT2D eigenvalue weighted by Crippen LogP contribution is -2.11. The Balaban J connectivity index is 1.37. The van der Waals surface area contributed by atoms with E-state index in [4.69, 9.17) is 14.2 Å². The average Bonchev–Trinajstić information content (AvgIpc) is 3.06. The maximum Gasteiger partial charge on any atom is 0.346 e. The number of hydrogen-bond donors (Lipinski definition) is 0. The molecule has 0 spiro atoms. The Morgan fingerprint density at radius 2 is 1.20 bits per heavy atom. The summed E-state index contributed by atoms with van der Waals surface area (Å²) in [6.07, 6.45) is 16.2. The highest BCUT2D eigenvalue weighted by Crippen LogP contribution is 2.25. The molecule has 0 heterocycles. The Labute approximate surface area is 269 Å². The molecule has 0 aromatic heterocycles. The van der Waals surface area contributed by atoms with Crippen LogP contribution in [0.4, 0.5) is 4.39 Å². The maximum absolute atomic E-state index is 14.7. The molecule has 0 fully saturated rings. The van der Waals surface area contributed by atoms with Gasteiger partial charge in [0, 0.05) is 6.07 Å². The minimum Gasteiger partial charge on any atom is -0.493 e. The van der Waals surface area contributed by atoms with E-state index in [2.05, 4.69) is 13.8 Å². The van der Waals surface area contributed by atoms with Crippen molar-refractivity contribution in [2.45, 2.75) is 104 Å². The fourth-order valence-corrected chi connectivity index (χ4v) is 4.98. The van der Waals surface area contributed by atoms with Crippen LogP contribution in [0.2, 0.25) is 0 Å². The number of carbonyl (C=O) groups is 2. The van der Waals surface area contributed by atoms with Gasteiger partial charge >= 0.3 is 11.9 Å². The topological polar surface area (TPSA) is 61.8 Å². The van der Waals surface area contributed by atoms with Crippen molar-refractivity contribution in [1.82, 2.24) is 0 Å². The van der Waals surface area contributed by atoms with Crippen LogP contribution in [0.15, 0.2) is 66.7 Å². The van der Waals surface area contributed by atoms with Crippen molar-refractivity contribution < 1.29 is 28.2 Å². The van der Waals surface area contributed by atoms with Crippen LogP contribution in [0.5, 0.6) is 11.5 Å². The highest BCUT2D eigenvalue weighted by molar-refractivity contribution is 5.92. The van der Waals surface area contributed by atoms with Gasteiger partial charge in [-0.05, 0) is 59.9 Å². The molecule has 0 saturated carbocycles. The third-order valence-electron chi connectivity index (χ3n) is 8.14. The molecule has 3 rings (SSSR count). The molecule has 3 aromatic rings. The average molecular weight is 619 g/mol. The van der Waals surface area contributed by atoms with E-state index in [-0.39, 0.29) is 11.5 Å². The van der Waals surface area contributed by atoms with Gasteiger partial charge in [-0.2, -0.15) is 0 Å². The molecular formula is C39H51FO5. The molecule has 0 aliphatic rings. The van der Waals surface area contributed by atoms with Crippen molar-refractivity contribution in [3.63, 3.8) is 0 Å². The van der Waals surface area contributed by atoms with Gasteiger partial charge in [-0.1, -0.05) is 122 Å². The first-order valence-corrected chi connectivity index (χ1v) is 16.9. The highest BCUT2D eigenvalue weighted by atomic mass is 19.1. The predicted molar refractivity (Wildman–Crippen MR) is 180 cm³/mol. The Bertz CT molecular complexity index is 1290. The summed E-state index contributed by atoms with van der Waals surface area (Å²) in [6, 6.07) is 18.3. The second-order valence-electron chi connectivity index (χ2n) is 12.0. The smallest absolute Gasteiger partial charge is 0.346 e. The SMILES string of the molecule is CCCCCCCCCCCCCCOc1ccc(C(=O)Oc2ccc(-c3ccc(C(=O)OC[C@@H](C)CC)cc3)cc2)c(F)c1. The summed E-state index contributed by atoms with van der Waals surface area (Å²) in [5.74, 6) is -0.744. The van der Waals surface area contributed by atoms with Gasteiger partial charge in [0.15, 0.2) is 0 Å². The molecule has 0 N–H and O–H groups in total. The first kappa shape index (κ1) is 35.8. The van der Waals surface area contributed by atoms with Gasteiger partial charge in [0.05, 0.1) is 24.3 Å². The fourth-order valence-electron chi connectivity index (χ4n) is 4.98. The zero-order valence-corrected chi connectivity index (χ0v) is 27.5. The van der Waals surface area contributed by atoms with Crippen LogP contribution < -0.4 is 9.47 Å². The molecule has 244 valence electrons. The van der Waals surface area contributed by atoms with Crippen LogP contribution in [0.25, 0.3) is 11.1 Å². The van der Waals surface area contributed by atoms with Crippen molar-refractivity contribution in [3.8, 4) is 22.6 Å². The second-order valence-corrected chi connectivity index (χ2v) is 12.0. The first-order valence-electron chi connectivity index (χ1n) is 16.9. The molecule has 0 aliphatic carbocycles. The van der Waals surface area contributed by atoms with Crippen LogP contribution in [0.1, 0.15) is 125 Å². The van der Waals surface area contributed by atoms with E-state index in [9.17, 15) is 14.0 Å². The van der Waals surface area contributed by atoms with Crippen LogP contribution in [-0.2, 0) is 4.74 Å². The quantitative estimate of drug-likeness (QED) is 0.0675. The van der Waals surface area contributed by atoms with E-state index in [0.29, 0.717) is 36.2 Å². The summed E-state index contributed by atoms with van der Waals surface area (Å²) >= 11 is 0. The zero-order valence-electron chi connectivity index (χ0n) is 27.5. The number of carbonyl (C=O) groups excluding carboxylic acids is 2. The summed E-state index contributed by atoms with van der Waals surface area (Å²) < 4.78 is 31.2. The molecule has 5 nitrogen and oxygen atoms in total. The van der Waals surface area contributed by atoms with Crippen LogP contribution >= 0.6 is 0 Å².